The highest BCUT2D eigenvalue weighted by Gasteiger charge is 2.25. The summed E-state index contributed by atoms with van der Waals surface area (Å²) in [6.07, 6.45) is 0.251. The Balaban J connectivity index is 2.90. The van der Waals surface area contributed by atoms with Crippen LogP contribution in [0, 0.1) is 5.92 Å². The van der Waals surface area contributed by atoms with Gasteiger partial charge in [-0.2, -0.15) is 4.72 Å². The van der Waals surface area contributed by atoms with Gasteiger partial charge in [0, 0.05) is 0 Å². The Bertz CT molecular complexity index is 496. The van der Waals surface area contributed by atoms with Crippen molar-refractivity contribution in [2.75, 3.05) is 0 Å². The molecule has 1 aromatic rings. The van der Waals surface area contributed by atoms with E-state index >= 15 is 0 Å². The van der Waals surface area contributed by atoms with Gasteiger partial charge in [0.15, 0.2) is 0 Å². The van der Waals surface area contributed by atoms with E-state index in [9.17, 15) is 13.2 Å². The molecule has 0 aliphatic rings. The lowest BCUT2D eigenvalue weighted by Crippen LogP contribution is -2.41. The highest BCUT2D eigenvalue weighted by atomic mass is 32.2. The van der Waals surface area contributed by atoms with Crippen LogP contribution < -0.4 is 4.72 Å². The predicted octanol–water partition coefficient (Wildman–Crippen LogP) is 1.46. The fraction of sp³-hybridized carbons (Fsp3) is 0.417. The molecule has 6 heteroatoms. The number of rotatable bonds is 6. The van der Waals surface area contributed by atoms with Crippen molar-refractivity contribution in [3.05, 3.63) is 30.3 Å². The van der Waals surface area contributed by atoms with Crippen LogP contribution in [0.4, 0.5) is 0 Å². The molecular formula is C12H17NO4S. The molecule has 1 atom stereocenters. The van der Waals surface area contributed by atoms with Crippen molar-refractivity contribution in [3.63, 3.8) is 0 Å². The summed E-state index contributed by atoms with van der Waals surface area (Å²) in [4.78, 5) is 11.1. The number of carbonyl (C=O) groups is 1. The number of hydrogen-bond donors (Lipinski definition) is 2. The van der Waals surface area contributed by atoms with E-state index in [1.54, 1.807) is 18.2 Å². The van der Waals surface area contributed by atoms with Crippen LogP contribution >= 0.6 is 0 Å². The molecule has 0 saturated heterocycles. The van der Waals surface area contributed by atoms with E-state index < -0.39 is 22.0 Å². The normalized spacial score (nSPS) is 13.5. The summed E-state index contributed by atoms with van der Waals surface area (Å²) < 4.78 is 26.1. The number of benzene rings is 1. The van der Waals surface area contributed by atoms with Gasteiger partial charge >= 0.3 is 5.97 Å². The Morgan fingerprint density at radius 1 is 1.28 bits per heavy atom. The van der Waals surface area contributed by atoms with Gasteiger partial charge < -0.3 is 5.11 Å². The van der Waals surface area contributed by atoms with Crippen LogP contribution in [0.25, 0.3) is 0 Å². The maximum atomic E-state index is 12.0. The van der Waals surface area contributed by atoms with Crippen LogP contribution in [0.5, 0.6) is 0 Å². The molecule has 5 nitrogen and oxygen atoms in total. The van der Waals surface area contributed by atoms with E-state index in [4.69, 9.17) is 5.11 Å². The van der Waals surface area contributed by atoms with E-state index in [0.717, 1.165) is 0 Å². The Labute approximate surface area is 107 Å². The lowest BCUT2D eigenvalue weighted by molar-refractivity contribution is -0.139. The summed E-state index contributed by atoms with van der Waals surface area (Å²) in [7, 11) is -3.78. The number of sulfonamides is 1. The van der Waals surface area contributed by atoms with Crippen molar-refractivity contribution in [2.45, 2.75) is 31.2 Å². The van der Waals surface area contributed by atoms with Crippen LogP contribution in [0.2, 0.25) is 0 Å². The highest BCUT2D eigenvalue weighted by molar-refractivity contribution is 7.89. The minimum atomic E-state index is -3.78. The third-order valence-corrected chi connectivity index (χ3v) is 3.84. The number of hydrogen-bond acceptors (Lipinski definition) is 3. The van der Waals surface area contributed by atoms with Crippen LogP contribution in [0.3, 0.4) is 0 Å². The maximum absolute atomic E-state index is 12.0. The zero-order chi connectivity index (χ0) is 13.8. The fourth-order valence-corrected chi connectivity index (χ4v) is 2.75. The number of aliphatic carboxylic acids is 1. The number of carboxylic acid groups (broad SMARTS) is 1. The van der Waals surface area contributed by atoms with Gasteiger partial charge in [0.2, 0.25) is 10.0 Å². The Morgan fingerprint density at radius 3 is 2.28 bits per heavy atom. The van der Waals surface area contributed by atoms with Gasteiger partial charge in [-0.15, -0.1) is 0 Å². The third-order valence-electron chi connectivity index (χ3n) is 2.36. The smallest absolute Gasteiger partial charge is 0.321 e. The molecule has 0 aromatic heterocycles. The molecule has 1 rings (SSSR count). The average Bonchev–Trinajstić information content (AvgIpc) is 2.28. The van der Waals surface area contributed by atoms with Gasteiger partial charge in [-0.3, -0.25) is 4.79 Å². The van der Waals surface area contributed by atoms with Gasteiger partial charge in [-0.25, -0.2) is 8.42 Å². The third kappa shape index (κ3) is 4.12. The second kappa shape index (κ2) is 5.97. The van der Waals surface area contributed by atoms with Gasteiger partial charge in [0.05, 0.1) is 4.90 Å². The summed E-state index contributed by atoms with van der Waals surface area (Å²) in [6.45, 7) is 3.68. The Kier molecular flexibility index (Phi) is 4.86. The number of carboxylic acids is 1. The Morgan fingerprint density at radius 2 is 1.83 bits per heavy atom. The number of nitrogens with one attached hydrogen (secondary N) is 1. The first kappa shape index (κ1) is 14.7. The molecule has 0 radical (unpaired) electrons. The van der Waals surface area contributed by atoms with Crippen LogP contribution in [-0.2, 0) is 14.8 Å². The second-order valence-electron chi connectivity index (χ2n) is 4.45. The summed E-state index contributed by atoms with van der Waals surface area (Å²) in [6, 6.07) is 6.63. The van der Waals surface area contributed by atoms with Crippen molar-refractivity contribution in [1.82, 2.24) is 4.72 Å². The van der Waals surface area contributed by atoms with Crippen molar-refractivity contribution in [3.8, 4) is 0 Å². The molecule has 0 heterocycles. The quantitative estimate of drug-likeness (QED) is 0.820. The first-order valence-electron chi connectivity index (χ1n) is 5.63. The molecule has 100 valence electrons. The maximum Gasteiger partial charge on any atom is 0.321 e. The molecule has 0 aliphatic heterocycles. The van der Waals surface area contributed by atoms with E-state index in [1.165, 1.54) is 12.1 Å². The van der Waals surface area contributed by atoms with E-state index in [-0.39, 0.29) is 17.2 Å². The van der Waals surface area contributed by atoms with E-state index in [0.29, 0.717) is 0 Å². The lowest BCUT2D eigenvalue weighted by atomic mass is 10.1. The van der Waals surface area contributed by atoms with Crippen LogP contribution in [0.15, 0.2) is 35.2 Å². The summed E-state index contributed by atoms with van der Waals surface area (Å²) in [5.74, 6) is -1.08. The lowest BCUT2D eigenvalue weighted by Gasteiger charge is -2.16. The molecule has 0 saturated carbocycles. The zero-order valence-corrected chi connectivity index (χ0v) is 11.1. The Hall–Kier alpha value is -1.40. The summed E-state index contributed by atoms with van der Waals surface area (Å²) in [5, 5.41) is 9.01. The van der Waals surface area contributed by atoms with E-state index in [1.807, 2.05) is 13.8 Å². The van der Waals surface area contributed by atoms with Crippen molar-refractivity contribution >= 4 is 16.0 Å². The molecule has 18 heavy (non-hydrogen) atoms. The molecule has 0 fully saturated rings. The van der Waals surface area contributed by atoms with Gasteiger partial charge in [0.25, 0.3) is 0 Å². The fourth-order valence-electron chi connectivity index (χ4n) is 1.53. The van der Waals surface area contributed by atoms with Gasteiger partial charge in [0.1, 0.15) is 6.04 Å². The van der Waals surface area contributed by atoms with Crippen molar-refractivity contribution < 1.29 is 18.3 Å². The van der Waals surface area contributed by atoms with Gasteiger partial charge in [-0.1, -0.05) is 32.0 Å². The van der Waals surface area contributed by atoms with Crippen molar-refractivity contribution in [1.29, 1.82) is 0 Å². The molecule has 0 bridgehead atoms. The van der Waals surface area contributed by atoms with Gasteiger partial charge in [-0.05, 0) is 24.5 Å². The van der Waals surface area contributed by atoms with Crippen LogP contribution in [0.1, 0.15) is 20.3 Å². The van der Waals surface area contributed by atoms with Crippen molar-refractivity contribution in [2.24, 2.45) is 5.92 Å². The monoisotopic (exact) mass is 271 g/mol. The largest absolute Gasteiger partial charge is 0.480 e. The van der Waals surface area contributed by atoms with E-state index in [2.05, 4.69) is 4.72 Å². The standard InChI is InChI=1S/C12H17NO4S/c1-9(2)8-11(12(14)15)13-18(16,17)10-6-4-3-5-7-10/h3-7,9,11,13H,8H2,1-2H3,(H,14,15)/t11-/m1/s1. The molecule has 0 spiro atoms. The molecule has 0 amide bonds. The summed E-state index contributed by atoms with van der Waals surface area (Å²) in [5.41, 5.74) is 0. The molecule has 0 aliphatic carbocycles. The molecule has 0 unspecified atom stereocenters. The molecule has 2 N–H and O–H groups in total. The highest BCUT2D eigenvalue weighted by Crippen LogP contribution is 2.11. The first-order valence-corrected chi connectivity index (χ1v) is 7.11. The second-order valence-corrected chi connectivity index (χ2v) is 6.17. The summed E-state index contributed by atoms with van der Waals surface area (Å²) >= 11 is 0. The average molecular weight is 271 g/mol. The zero-order valence-electron chi connectivity index (χ0n) is 10.3. The minimum Gasteiger partial charge on any atom is -0.480 e. The van der Waals surface area contributed by atoms with Crippen LogP contribution in [-0.4, -0.2) is 25.5 Å². The minimum absolute atomic E-state index is 0.0695. The topological polar surface area (TPSA) is 83.5 Å². The first-order chi connectivity index (χ1) is 8.33. The molecular weight excluding hydrogens is 254 g/mol. The predicted molar refractivity (Wildman–Crippen MR) is 67.6 cm³/mol. The SMILES string of the molecule is CC(C)C[C@@H](NS(=O)(=O)c1ccccc1)C(=O)O. The molecule has 1 aromatic carbocycles.